The van der Waals surface area contributed by atoms with Crippen LogP contribution in [-0.2, 0) is 0 Å². The molecule has 0 aliphatic heterocycles. The van der Waals surface area contributed by atoms with E-state index < -0.39 is 12.2 Å². The summed E-state index contributed by atoms with van der Waals surface area (Å²) >= 11 is 0. The molecule has 0 amide bonds. The third kappa shape index (κ3) is 2.31. The zero-order valence-electron chi connectivity index (χ0n) is 6.90. The first-order valence-electron chi connectivity index (χ1n) is 4.23. The highest BCUT2D eigenvalue weighted by molar-refractivity contribution is 4.91. The highest BCUT2D eigenvalue weighted by atomic mass is 16.3. The van der Waals surface area contributed by atoms with Gasteiger partial charge in [-0.25, -0.2) is 0 Å². The zero-order valence-corrected chi connectivity index (χ0v) is 6.90. The maximum atomic E-state index is 9.29. The van der Waals surface area contributed by atoms with E-state index in [1.807, 2.05) is 13.0 Å². The van der Waals surface area contributed by atoms with Crippen molar-refractivity contribution in [3.63, 3.8) is 0 Å². The van der Waals surface area contributed by atoms with Gasteiger partial charge in [-0.15, -0.1) is 0 Å². The van der Waals surface area contributed by atoms with Crippen LogP contribution in [0.15, 0.2) is 12.2 Å². The average Bonchev–Trinajstić information content (AvgIpc) is 1.98. The van der Waals surface area contributed by atoms with Crippen LogP contribution >= 0.6 is 0 Å². The minimum absolute atomic E-state index is 0.471. The van der Waals surface area contributed by atoms with Crippen molar-refractivity contribution in [2.24, 2.45) is 5.92 Å². The first kappa shape index (κ1) is 8.75. The van der Waals surface area contributed by atoms with E-state index in [-0.39, 0.29) is 0 Å². The maximum absolute atomic E-state index is 9.29. The van der Waals surface area contributed by atoms with Crippen molar-refractivity contribution in [2.75, 3.05) is 0 Å². The Balaban J connectivity index is 2.39. The molecule has 0 aromatic rings. The van der Waals surface area contributed by atoms with Crippen molar-refractivity contribution in [1.82, 2.24) is 0 Å². The second kappa shape index (κ2) is 3.88. The molecule has 64 valence electrons. The number of hydrogen-bond donors (Lipinski definition) is 2. The van der Waals surface area contributed by atoms with E-state index in [1.54, 1.807) is 0 Å². The Kier molecular flexibility index (Phi) is 3.09. The summed E-state index contributed by atoms with van der Waals surface area (Å²) < 4.78 is 0. The lowest BCUT2D eigenvalue weighted by Gasteiger charge is -2.28. The summed E-state index contributed by atoms with van der Waals surface area (Å²) in [6.07, 6.45) is 5.57. The number of aliphatic hydroxyl groups is 2. The van der Waals surface area contributed by atoms with Gasteiger partial charge >= 0.3 is 0 Å². The lowest BCUT2D eigenvalue weighted by Crippen LogP contribution is -2.32. The summed E-state index contributed by atoms with van der Waals surface area (Å²) in [5.74, 6) is 0.471. The van der Waals surface area contributed by atoms with Gasteiger partial charge < -0.3 is 10.2 Å². The van der Waals surface area contributed by atoms with E-state index in [2.05, 4.69) is 6.08 Å². The molecule has 0 aromatic heterocycles. The van der Waals surface area contributed by atoms with Crippen LogP contribution < -0.4 is 0 Å². The summed E-state index contributed by atoms with van der Waals surface area (Å²) in [7, 11) is 0. The molecule has 1 aliphatic rings. The molecule has 0 radical (unpaired) electrons. The number of aliphatic hydroxyl groups excluding tert-OH is 2. The molecule has 0 saturated heterocycles. The van der Waals surface area contributed by atoms with E-state index >= 15 is 0 Å². The Morgan fingerprint density at radius 1 is 1.18 bits per heavy atom. The quantitative estimate of drug-likeness (QED) is 0.558. The van der Waals surface area contributed by atoms with E-state index in [4.69, 9.17) is 0 Å². The second-order valence-corrected chi connectivity index (χ2v) is 3.23. The first-order valence-corrected chi connectivity index (χ1v) is 4.23. The van der Waals surface area contributed by atoms with Crippen LogP contribution in [0.5, 0.6) is 0 Å². The molecule has 2 heteroatoms. The molecule has 2 N–H and O–H groups in total. The monoisotopic (exact) mass is 156 g/mol. The largest absolute Gasteiger partial charge is 0.390 e. The molecule has 0 spiro atoms. The highest BCUT2D eigenvalue weighted by Gasteiger charge is 2.25. The van der Waals surface area contributed by atoms with Crippen LogP contribution in [0.4, 0.5) is 0 Å². The van der Waals surface area contributed by atoms with Crippen LogP contribution in [0, 0.1) is 5.92 Å². The highest BCUT2D eigenvalue weighted by Crippen LogP contribution is 2.25. The Morgan fingerprint density at radius 3 is 2.45 bits per heavy atom. The summed E-state index contributed by atoms with van der Waals surface area (Å²) in [5, 5.41) is 18.5. The lowest BCUT2D eigenvalue weighted by atomic mass is 9.85. The number of hydrogen-bond acceptors (Lipinski definition) is 2. The Hall–Kier alpha value is -0.340. The third-order valence-corrected chi connectivity index (χ3v) is 2.29. The fourth-order valence-electron chi connectivity index (χ4n) is 1.61. The van der Waals surface area contributed by atoms with E-state index in [1.165, 1.54) is 0 Å². The van der Waals surface area contributed by atoms with Crippen molar-refractivity contribution < 1.29 is 10.2 Å². The van der Waals surface area contributed by atoms with Gasteiger partial charge in [0.2, 0.25) is 0 Å². The maximum Gasteiger partial charge on any atom is 0.0804 e. The average molecular weight is 156 g/mol. The molecular weight excluding hydrogens is 140 g/mol. The molecule has 0 bridgehead atoms. The molecule has 1 fully saturated rings. The van der Waals surface area contributed by atoms with Crippen LogP contribution in [-0.4, -0.2) is 22.4 Å². The van der Waals surface area contributed by atoms with E-state index in [0.29, 0.717) is 12.3 Å². The lowest BCUT2D eigenvalue weighted by molar-refractivity contribution is -0.0189. The summed E-state index contributed by atoms with van der Waals surface area (Å²) in [5.41, 5.74) is 0. The van der Waals surface area contributed by atoms with Crippen molar-refractivity contribution >= 4 is 0 Å². The van der Waals surface area contributed by atoms with Crippen molar-refractivity contribution in [2.45, 2.75) is 38.4 Å². The van der Waals surface area contributed by atoms with Gasteiger partial charge in [-0.1, -0.05) is 12.2 Å². The smallest absolute Gasteiger partial charge is 0.0804 e. The van der Waals surface area contributed by atoms with Gasteiger partial charge in [0, 0.05) is 0 Å². The molecule has 1 rings (SSSR count). The molecule has 1 saturated carbocycles. The Labute approximate surface area is 67.6 Å². The number of rotatable bonds is 1. The predicted molar refractivity (Wildman–Crippen MR) is 44.2 cm³/mol. The van der Waals surface area contributed by atoms with Gasteiger partial charge in [-0.3, -0.25) is 0 Å². The number of allylic oxidation sites excluding steroid dienone is 2. The van der Waals surface area contributed by atoms with Gasteiger partial charge in [0.25, 0.3) is 0 Å². The zero-order chi connectivity index (χ0) is 8.27. The van der Waals surface area contributed by atoms with Gasteiger partial charge in [-0.05, 0) is 32.1 Å². The fraction of sp³-hybridized carbons (Fsp3) is 0.778. The minimum atomic E-state index is -0.509. The van der Waals surface area contributed by atoms with Crippen LogP contribution in [0.1, 0.15) is 26.2 Å². The minimum Gasteiger partial charge on any atom is -0.390 e. The summed E-state index contributed by atoms with van der Waals surface area (Å²) in [6, 6.07) is 0. The standard InChI is InChI=1S/C9H16O2/c1-2-3-7-4-5-8(10)9(11)6-7/h2-3,7-11H,4-6H2,1H3/b3-2+. The fourth-order valence-corrected chi connectivity index (χ4v) is 1.61. The molecule has 0 aromatic carbocycles. The summed E-state index contributed by atoms with van der Waals surface area (Å²) in [4.78, 5) is 0. The topological polar surface area (TPSA) is 40.5 Å². The molecule has 2 nitrogen and oxygen atoms in total. The van der Waals surface area contributed by atoms with Crippen LogP contribution in [0.3, 0.4) is 0 Å². The molecule has 3 atom stereocenters. The van der Waals surface area contributed by atoms with Crippen LogP contribution in [0.2, 0.25) is 0 Å². The third-order valence-electron chi connectivity index (χ3n) is 2.29. The summed E-state index contributed by atoms with van der Waals surface area (Å²) in [6.45, 7) is 1.98. The van der Waals surface area contributed by atoms with E-state index in [9.17, 15) is 10.2 Å². The molecule has 0 heterocycles. The van der Waals surface area contributed by atoms with E-state index in [0.717, 1.165) is 12.8 Å². The van der Waals surface area contributed by atoms with Gasteiger partial charge in [0.1, 0.15) is 0 Å². The van der Waals surface area contributed by atoms with Crippen molar-refractivity contribution in [3.8, 4) is 0 Å². The van der Waals surface area contributed by atoms with Crippen LogP contribution in [0.25, 0.3) is 0 Å². The van der Waals surface area contributed by atoms with Gasteiger partial charge in [-0.2, -0.15) is 0 Å². The molecule has 1 aliphatic carbocycles. The Morgan fingerprint density at radius 2 is 1.91 bits per heavy atom. The van der Waals surface area contributed by atoms with Gasteiger partial charge in [0.05, 0.1) is 12.2 Å². The first-order chi connectivity index (χ1) is 5.24. The predicted octanol–water partition coefficient (Wildman–Crippen LogP) is 1.08. The van der Waals surface area contributed by atoms with Crippen molar-refractivity contribution in [1.29, 1.82) is 0 Å². The molecule has 11 heavy (non-hydrogen) atoms. The Bertz CT molecular complexity index is 142. The SMILES string of the molecule is C/C=C/C1CCC(O)C(O)C1. The second-order valence-electron chi connectivity index (χ2n) is 3.23. The normalized spacial score (nSPS) is 39.7. The molecular formula is C9H16O2. The molecule has 3 unspecified atom stereocenters. The van der Waals surface area contributed by atoms with Gasteiger partial charge in [0.15, 0.2) is 0 Å². The van der Waals surface area contributed by atoms with Crippen molar-refractivity contribution in [3.05, 3.63) is 12.2 Å².